The van der Waals surface area contributed by atoms with Crippen LogP contribution in [-0.4, -0.2) is 55.4 Å². The Morgan fingerprint density at radius 2 is 2.00 bits per heavy atom. The predicted molar refractivity (Wildman–Crippen MR) is 74.0 cm³/mol. The fraction of sp³-hybridized carbons (Fsp3) is 0.929. The number of hydrogen-bond acceptors (Lipinski definition) is 4. The molecule has 0 saturated heterocycles. The number of methoxy groups -OCH3 is 1. The third-order valence-corrected chi connectivity index (χ3v) is 3.94. The lowest BCUT2D eigenvalue weighted by Gasteiger charge is -2.34. The van der Waals surface area contributed by atoms with Gasteiger partial charge in [-0.25, -0.2) is 0 Å². The van der Waals surface area contributed by atoms with Crippen LogP contribution in [0.5, 0.6) is 0 Å². The highest BCUT2D eigenvalue weighted by Crippen LogP contribution is 2.27. The summed E-state index contributed by atoms with van der Waals surface area (Å²) in [6, 6.07) is 0.143. The van der Waals surface area contributed by atoms with Gasteiger partial charge in [0.15, 0.2) is 0 Å². The minimum absolute atomic E-state index is 0.0780. The molecule has 1 N–H and O–H groups in total. The van der Waals surface area contributed by atoms with Crippen LogP contribution in [0.1, 0.15) is 39.5 Å². The Kier molecular flexibility index (Phi) is 6.04. The maximum atomic E-state index is 12.3. The van der Waals surface area contributed by atoms with Crippen LogP contribution < -0.4 is 5.32 Å². The molecule has 0 aromatic rings. The molecular weight excluding hydrogens is 285 g/mol. The minimum Gasteiger partial charge on any atom is -0.468 e. The molecule has 2 unspecified atom stereocenters. The Labute approximate surface area is 124 Å². The molecule has 1 rings (SSSR count). The van der Waals surface area contributed by atoms with E-state index < -0.39 is 18.1 Å². The highest BCUT2D eigenvalue weighted by atomic mass is 19.4. The van der Waals surface area contributed by atoms with Crippen LogP contribution in [0.2, 0.25) is 0 Å². The van der Waals surface area contributed by atoms with Gasteiger partial charge in [0.05, 0.1) is 13.5 Å². The van der Waals surface area contributed by atoms with Gasteiger partial charge in [-0.2, -0.15) is 13.2 Å². The van der Waals surface area contributed by atoms with E-state index in [1.807, 2.05) is 6.92 Å². The van der Waals surface area contributed by atoms with Gasteiger partial charge in [-0.05, 0) is 40.2 Å². The largest absolute Gasteiger partial charge is 0.468 e. The molecular formula is C14H25F3N2O2. The second kappa shape index (κ2) is 6.96. The maximum absolute atomic E-state index is 12.3. The second-order valence-electron chi connectivity index (χ2n) is 6.14. The maximum Gasteiger partial charge on any atom is 0.390 e. The van der Waals surface area contributed by atoms with Gasteiger partial charge in [-0.3, -0.25) is 10.1 Å². The summed E-state index contributed by atoms with van der Waals surface area (Å²) in [7, 11) is 2.97. The monoisotopic (exact) mass is 310 g/mol. The number of carbonyl (C=O) groups excluding carboxylic acids is 1. The van der Waals surface area contributed by atoms with Crippen LogP contribution in [0.15, 0.2) is 0 Å². The van der Waals surface area contributed by atoms with Gasteiger partial charge >= 0.3 is 12.1 Å². The zero-order chi connectivity index (χ0) is 16.3. The van der Waals surface area contributed by atoms with Gasteiger partial charge in [0.1, 0.15) is 5.54 Å². The zero-order valence-electron chi connectivity index (χ0n) is 13.1. The normalized spacial score (nSPS) is 20.2. The van der Waals surface area contributed by atoms with E-state index in [1.54, 1.807) is 18.9 Å². The molecule has 0 aromatic heterocycles. The molecule has 0 spiro atoms. The summed E-state index contributed by atoms with van der Waals surface area (Å²) in [6.45, 7) is 3.50. The summed E-state index contributed by atoms with van der Waals surface area (Å²) in [5.74, 6) is -0.370. The molecule has 0 aliphatic heterocycles. The SMILES string of the molecule is COC(=O)C(C)(CC(C)N(C)CCC(F)(F)F)NC1CC1. The van der Waals surface area contributed by atoms with E-state index in [2.05, 4.69) is 5.32 Å². The van der Waals surface area contributed by atoms with Crippen molar-refractivity contribution >= 4 is 5.97 Å². The van der Waals surface area contributed by atoms with Crippen LogP contribution in [0.25, 0.3) is 0 Å². The summed E-state index contributed by atoms with van der Waals surface area (Å²) < 4.78 is 41.6. The first kappa shape index (κ1) is 18.2. The van der Waals surface area contributed by atoms with Gasteiger partial charge in [-0.1, -0.05) is 0 Å². The van der Waals surface area contributed by atoms with Crippen molar-refractivity contribution in [1.82, 2.24) is 10.2 Å². The molecule has 0 aromatic carbocycles. The number of halogens is 3. The molecule has 7 heteroatoms. The summed E-state index contributed by atoms with van der Waals surface area (Å²) in [5, 5.41) is 3.25. The van der Waals surface area contributed by atoms with Crippen LogP contribution >= 0.6 is 0 Å². The van der Waals surface area contributed by atoms with Gasteiger partial charge in [0.2, 0.25) is 0 Å². The van der Waals surface area contributed by atoms with Crippen molar-refractivity contribution in [2.24, 2.45) is 0 Å². The third-order valence-electron chi connectivity index (χ3n) is 3.94. The second-order valence-corrected chi connectivity index (χ2v) is 6.14. The molecule has 1 saturated carbocycles. The lowest BCUT2D eigenvalue weighted by atomic mass is 9.92. The van der Waals surface area contributed by atoms with Gasteiger partial charge < -0.3 is 9.64 Å². The summed E-state index contributed by atoms with van der Waals surface area (Å²) in [4.78, 5) is 13.6. The standard InChI is InChI=1S/C14H25F3N2O2/c1-10(19(3)8-7-14(15,16)17)9-13(2,12(20)21-4)18-11-5-6-11/h10-11,18H,5-9H2,1-4H3. The summed E-state index contributed by atoms with van der Waals surface area (Å²) >= 11 is 0. The third kappa shape index (κ3) is 6.22. The average molecular weight is 310 g/mol. The molecule has 2 atom stereocenters. The van der Waals surface area contributed by atoms with Crippen molar-refractivity contribution in [3.8, 4) is 0 Å². The minimum atomic E-state index is -4.16. The van der Waals surface area contributed by atoms with E-state index in [-0.39, 0.29) is 18.6 Å². The van der Waals surface area contributed by atoms with E-state index in [9.17, 15) is 18.0 Å². The van der Waals surface area contributed by atoms with Gasteiger partial charge in [-0.15, -0.1) is 0 Å². The van der Waals surface area contributed by atoms with E-state index >= 15 is 0 Å². The first-order valence-corrected chi connectivity index (χ1v) is 7.20. The molecule has 124 valence electrons. The highest BCUT2D eigenvalue weighted by molar-refractivity contribution is 5.80. The average Bonchev–Trinajstić information content (AvgIpc) is 3.17. The molecule has 1 aliphatic rings. The van der Waals surface area contributed by atoms with Crippen LogP contribution in [0.4, 0.5) is 13.2 Å². The van der Waals surface area contributed by atoms with Crippen LogP contribution in [-0.2, 0) is 9.53 Å². The topological polar surface area (TPSA) is 41.6 Å². The van der Waals surface area contributed by atoms with E-state index in [0.717, 1.165) is 12.8 Å². The van der Waals surface area contributed by atoms with Crippen LogP contribution in [0, 0.1) is 0 Å². The van der Waals surface area contributed by atoms with E-state index in [0.29, 0.717) is 12.5 Å². The number of nitrogens with one attached hydrogen (secondary N) is 1. The first-order chi connectivity index (χ1) is 9.57. The summed E-state index contributed by atoms with van der Waals surface area (Å²) in [6.07, 6.45) is -2.56. The Morgan fingerprint density at radius 1 is 1.43 bits per heavy atom. The summed E-state index contributed by atoms with van der Waals surface area (Å²) in [5.41, 5.74) is -0.859. The number of carbonyl (C=O) groups is 1. The lowest BCUT2D eigenvalue weighted by molar-refractivity contribution is -0.149. The smallest absolute Gasteiger partial charge is 0.390 e. The Bertz CT molecular complexity index is 359. The van der Waals surface area contributed by atoms with Crippen molar-refractivity contribution in [1.29, 1.82) is 0 Å². The Hall–Kier alpha value is -0.820. The fourth-order valence-corrected chi connectivity index (χ4v) is 2.37. The Morgan fingerprint density at radius 3 is 2.43 bits per heavy atom. The molecule has 21 heavy (non-hydrogen) atoms. The van der Waals surface area contributed by atoms with E-state index in [1.165, 1.54) is 7.11 Å². The van der Waals surface area contributed by atoms with Crippen molar-refractivity contribution < 1.29 is 22.7 Å². The van der Waals surface area contributed by atoms with Gasteiger partial charge in [0.25, 0.3) is 0 Å². The number of nitrogens with zero attached hydrogens (tertiary/aromatic N) is 1. The number of hydrogen-bond donors (Lipinski definition) is 1. The molecule has 1 fully saturated rings. The molecule has 4 nitrogen and oxygen atoms in total. The lowest BCUT2D eigenvalue weighted by Crippen LogP contribution is -2.54. The molecule has 0 heterocycles. The number of alkyl halides is 3. The van der Waals surface area contributed by atoms with Gasteiger partial charge in [0, 0.05) is 18.6 Å². The Balaban J connectivity index is 2.58. The molecule has 0 bridgehead atoms. The highest BCUT2D eigenvalue weighted by Gasteiger charge is 2.41. The van der Waals surface area contributed by atoms with Crippen molar-refractivity contribution in [3.05, 3.63) is 0 Å². The number of rotatable bonds is 8. The molecule has 0 amide bonds. The number of ether oxygens (including phenoxy) is 1. The van der Waals surface area contributed by atoms with Crippen molar-refractivity contribution in [3.63, 3.8) is 0 Å². The van der Waals surface area contributed by atoms with Crippen molar-refractivity contribution in [2.45, 2.75) is 63.3 Å². The molecule has 0 radical (unpaired) electrons. The fourth-order valence-electron chi connectivity index (χ4n) is 2.37. The van der Waals surface area contributed by atoms with E-state index in [4.69, 9.17) is 4.74 Å². The van der Waals surface area contributed by atoms with Crippen LogP contribution in [0.3, 0.4) is 0 Å². The molecule has 1 aliphatic carbocycles. The quantitative estimate of drug-likeness (QED) is 0.699. The van der Waals surface area contributed by atoms with Crippen molar-refractivity contribution in [2.75, 3.05) is 20.7 Å². The first-order valence-electron chi connectivity index (χ1n) is 7.20. The predicted octanol–water partition coefficient (Wildman–Crippen LogP) is 2.33. The zero-order valence-corrected chi connectivity index (χ0v) is 13.1. The number of esters is 1.